The molecule has 1 fully saturated rings. The Morgan fingerprint density at radius 2 is 2.00 bits per heavy atom. The summed E-state index contributed by atoms with van der Waals surface area (Å²) in [5.74, 6) is 1.81. The average molecular weight is 338 g/mol. The summed E-state index contributed by atoms with van der Waals surface area (Å²) in [6.07, 6.45) is 5.37. The molecule has 0 saturated heterocycles. The SMILES string of the molecule is Cc1nnc(Nc2cnc(C#N)cn2)cc1NCC1CC(N(C)C)C1. The lowest BCUT2D eigenvalue weighted by Gasteiger charge is -2.39. The molecule has 0 amide bonds. The van der Waals surface area contributed by atoms with Crippen LogP contribution in [0.1, 0.15) is 24.2 Å². The first-order valence-corrected chi connectivity index (χ1v) is 8.29. The lowest BCUT2D eigenvalue weighted by Crippen LogP contribution is -2.42. The van der Waals surface area contributed by atoms with E-state index in [0.29, 0.717) is 23.6 Å². The Labute approximate surface area is 147 Å². The first-order valence-electron chi connectivity index (χ1n) is 8.29. The molecule has 25 heavy (non-hydrogen) atoms. The minimum absolute atomic E-state index is 0.277. The van der Waals surface area contributed by atoms with Crippen molar-refractivity contribution in [3.05, 3.63) is 29.8 Å². The van der Waals surface area contributed by atoms with Gasteiger partial charge in [0.05, 0.1) is 23.8 Å². The van der Waals surface area contributed by atoms with Crippen LogP contribution in [0.5, 0.6) is 0 Å². The fraction of sp³-hybridized carbons (Fsp3) is 0.471. The minimum atomic E-state index is 0.277. The number of anilines is 3. The van der Waals surface area contributed by atoms with Crippen molar-refractivity contribution >= 4 is 17.3 Å². The number of hydrogen-bond acceptors (Lipinski definition) is 8. The first-order chi connectivity index (χ1) is 12.0. The van der Waals surface area contributed by atoms with Gasteiger partial charge in [-0.05, 0) is 39.8 Å². The van der Waals surface area contributed by atoms with Crippen LogP contribution in [-0.2, 0) is 0 Å². The van der Waals surface area contributed by atoms with Gasteiger partial charge in [-0.2, -0.15) is 10.4 Å². The molecule has 0 aliphatic heterocycles. The van der Waals surface area contributed by atoms with Gasteiger partial charge >= 0.3 is 0 Å². The second-order valence-electron chi connectivity index (χ2n) is 6.59. The van der Waals surface area contributed by atoms with Gasteiger partial charge in [-0.25, -0.2) is 9.97 Å². The van der Waals surface area contributed by atoms with Crippen molar-refractivity contribution in [1.29, 1.82) is 5.26 Å². The van der Waals surface area contributed by atoms with E-state index < -0.39 is 0 Å². The molecule has 0 bridgehead atoms. The lowest BCUT2D eigenvalue weighted by atomic mass is 9.79. The summed E-state index contributed by atoms with van der Waals surface area (Å²) >= 11 is 0. The highest BCUT2D eigenvalue weighted by atomic mass is 15.2. The standard InChI is InChI=1S/C17H22N8/c1-11-15(20-8-12-4-14(5-12)25(2)3)6-16(24-23-11)22-17-10-19-13(7-18)9-21-17/h6,9-10,12,14H,4-5,8H2,1-3H3,(H2,20,21,22,24). The Morgan fingerprint density at radius 1 is 1.20 bits per heavy atom. The number of nitrogens with zero attached hydrogens (tertiary/aromatic N) is 6. The molecule has 2 heterocycles. The van der Waals surface area contributed by atoms with Crippen molar-refractivity contribution < 1.29 is 0 Å². The molecule has 2 aromatic rings. The van der Waals surface area contributed by atoms with Crippen LogP contribution in [0.3, 0.4) is 0 Å². The molecule has 0 aromatic carbocycles. The molecule has 0 radical (unpaired) electrons. The quantitative estimate of drug-likeness (QED) is 0.824. The number of aromatic nitrogens is 4. The van der Waals surface area contributed by atoms with E-state index in [1.807, 2.05) is 19.1 Å². The van der Waals surface area contributed by atoms with Gasteiger partial charge in [0.25, 0.3) is 0 Å². The third-order valence-corrected chi connectivity index (χ3v) is 4.52. The summed E-state index contributed by atoms with van der Waals surface area (Å²) < 4.78 is 0. The van der Waals surface area contributed by atoms with Crippen LogP contribution >= 0.6 is 0 Å². The number of nitriles is 1. The highest BCUT2D eigenvalue weighted by Gasteiger charge is 2.30. The van der Waals surface area contributed by atoms with E-state index in [1.54, 1.807) is 0 Å². The van der Waals surface area contributed by atoms with Crippen LogP contribution in [0.4, 0.5) is 17.3 Å². The van der Waals surface area contributed by atoms with Gasteiger partial charge in [-0.1, -0.05) is 0 Å². The van der Waals surface area contributed by atoms with Crippen LogP contribution in [-0.4, -0.2) is 51.7 Å². The zero-order valence-corrected chi connectivity index (χ0v) is 14.7. The number of aryl methyl sites for hydroxylation is 1. The van der Waals surface area contributed by atoms with E-state index in [-0.39, 0.29) is 5.69 Å². The fourth-order valence-corrected chi connectivity index (χ4v) is 2.82. The Morgan fingerprint density at radius 3 is 2.64 bits per heavy atom. The largest absolute Gasteiger partial charge is 0.383 e. The maximum atomic E-state index is 8.75. The van der Waals surface area contributed by atoms with Gasteiger partial charge < -0.3 is 15.5 Å². The monoisotopic (exact) mass is 338 g/mol. The molecule has 130 valence electrons. The maximum absolute atomic E-state index is 8.75. The highest BCUT2D eigenvalue weighted by Crippen LogP contribution is 2.31. The van der Waals surface area contributed by atoms with Crippen LogP contribution in [0.25, 0.3) is 0 Å². The fourth-order valence-electron chi connectivity index (χ4n) is 2.82. The lowest BCUT2D eigenvalue weighted by molar-refractivity contribution is 0.131. The molecule has 8 heteroatoms. The molecule has 1 saturated carbocycles. The smallest absolute Gasteiger partial charge is 0.158 e. The first kappa shape index (κ1) is 17.0. The second kappa shape index (κ2) is 7.40. The van der Waals surface area contributed by atoms with E-state index in [0.717, 1.165) is 17.9 Å². The summed E-state index contributed by atoms with van der Waals surface area (Å²) in [5, 5.41) is 23.6. The molecule has 0 unspecified atom stereocenters. The van der Waals surface area contributed by atoms with Gasteiger partial charge in [0.2, 0.25) is 0 Å². The summed E-state index contributed by atoms with van der Waals surface area (Å²) in [7, 11) is 4.27. The summed E-state index contributed by atoms with van der Waals surface area (Å²) in [6, 6.07) is 4.57. The molecule has 0 atom stereocenters. The molecule has 2 aromatic heterocycles. The van der Waals surface area contributed by atoms with Crippen molar-refractivity contribution in [2.24, 2.45) is 5.92 Å². The van der Waals surface area contributed by atoms with Crippen LogP contribution in [0.15, 0.2) is 18.5 Å². The van der Waals surface area contributed by atoms with E-state index >= 15 is 0 Å². The van der Waals surface area contributed by atoms with Crippen molar-refractivity contribution in [3.8, 4) is 6.07 Å². The Hall–Kier alpha value is -2.79. The van der Waals surface area contributed by atoms with Crippen molar-refractivity contribution in [1.82, 2.24) is 25.1 Å². The number of nitrogens with one attached hydrogen (secondary N) is 2. The molecule has 0 spiro atoms. The van der Waals surface area contributed by atoms with Crippen molar-refractivity contribution in [2.45, 2.75) is 25.8 Å². The predicted molar refractivity (Wildman–Crippen MR) is 95.5 cm³/mol. The number of rotatable bonds is 6. The van der Waals surface area contributed by atoms with Gasteiger partial charge in [0, 0.05) is 18.7 Å². The van der Waals surface area contributed by atoms with E-state index in [1.165, 1.54) is 25.2 Å². The predicted octanol–water partition coefficient (Wildman–Crippen LogP) is 1.94. The van der Waals surface area contributed by atoms with Gasteiger partial charge in [-0.15, -0.1) is 5.10 Å². The van der Waals surface area contributed by atoms with Crippen molar-refractivity contribution in [2.75, 3.05) is 31.3 Å². The van der Waals surface area contributed by atoms with E-state index in [9.17, 15) is 0 Å². The Kier molecular flexibility index (Phi) is 5.05. The van der Waals surface area contributed by atoms with Gasteiger partial charge in [-0.3, -0.25) is 0 Å². The molecule has 1 aliphatic rings. The average Bonchev–Trinajstić information content (AvgIpc) is 2.56. The molecule has 1 aliphatic carbocycles. The second-order valence-corrected chi connectivity index (χ2v) is 6.59. The normalized spacial score (nSPS) is 19.2. The zero-order chi connectivity index (χ0) is 17.8. The molecular formula is C17H22N8. The summed E-state index contributed by atoms with van der Waals surface area (Å²) in [4.78, 5) is 10.4. The molecule has 2 N–H and O–H groups in total. The summed E-state index contributed by atoms with van der Waals surface area (Å²) in [5.41, 5.74) is 2.10. The zero-order valence-electron chi connectivity index (χ0n) is 14.7. The third kappa shape index (κ3) is 4.19. The highest BCUT2D eigenvalue weighted by molar-refractivity contribution is 5.59. The molecule has 3 rings (SSSR count). The van der Waals surface area contributed by atoms with Gasteiger partial charge in [0.15, 0.2) is 11.5 Å². The molecule has 8 nitrogen and oxygen atoms in total. The molecular weight excluding hydrogens is 316 g/mol. The minimum Gasteiger partial charge on any atom is -0.383 e. The Bertz CT molecular complexity index is 759. The van der Waals surface area contributed by atoms with Gasteiger partial charge in [0.1, 0.15) is 11.9 Å². The van der Waals surface area contributed by atoms with Crippen LogP contribution in [0, 0.1) is 24.2 Å². The topological polar surface area (TPSA) is 103 Å². The van der Waals surface area contributed by atoms with E-state index in [2.05, 4.69) is 49.8 Å². The van der Waals surface area contributed by atoms with E-state index in [4.69, 9.17) is 5.26 Å². The Balaban J connectivity index is 1.59. The van der Waals surface area contributed by atoms with Crippen LogP contribution in [0.2, 0.25) is 0 Å². The number of hydrogen-bond donors (Lipinski definition) is 2. The third-order valence-electron chi connectivity index (χ3n) is 4.52. The van der Waals surface area contributed by atoms with Crippen molar-refractivity contribution in [3.63, 3.8) is 0 Å². The van der Waals surface area contributed by atoms with Crippen LogP contribution < -0.4 is 10.6 Å². The maximum Gasteiger partial charge on any atom is 0.158 e. The summed E-state index contributed by atoms with van der Waals surface area (Å²) in [6.45, 7) is 2.87.